The SMILES string of the molecule is COc1ccccc1CC(C)NCC(O)c1ccncc1. The quantitative estimate of drug-likeness (QED) is 0.820. The lowest BCUT2D eigenvalue weighted by molar-refractivity contribution is 0.170. The number of rotatable bonds is 7. The van der Waals surface area contributed by atoms with Gasteiger partial charge in [0.25, 0.3) is 0 Å². The number of methoxy groups -OCH3 is 1. The highest BCUT2D eigenvalue weighted by molar-refractivity contribution is 5.33. The van der Waals surface area contributed by atoms with Crippen LogP contribution in [0.3, 0.4) is 0 Å². The highest BCUT2D eigenvalue weighted by atomic mass is 16.5. The zero-order valence-electron chi connectivity index (χ0n) is 12.5. The maximum absolute atomic E-state index is 10.1. The van der Waals surface area contributed by atoms with Gasteiger partial charge in [-0.15, -0.1) is 0 Å². The van der Waals surface area contributed by atoms with E-state index in [9.17, 15) is 5.11 Å². The topological polar surface area (TPSA) is 54.4 Å². The summed E-state index contributed by atoms with van der Waals surface area (Å²) in [4.78, 5) is 3.95. The fraction of sp³-hybridized carbons (Fsp3) is 0.353. The third kappa shape index (κ3) is 4.55. The van der Waals surface area contributed by atoms with Crippen molar-refractivity contribution in [1.82, 2.24) is 10.3 Å². The first-order valence-corrected chi connectivity index (χ1v) is 7.14. The zero-order valence-corrected chi connectivity index (χ0v) is 12.5. The molecule has 0 bridgehead atoms. The Morgan fingerprint density at radius 1 is 1.19 bits per heavy atom. The summed E-state index contributed by atoms with van der Waals surface area (Å²) in [6.07, 6.45) is 3.72. The number of aliphatic hydroxyl groups is 1. The number of nitrogens with zero attached hydrogens (tertiary/aromatic N) is 1. The van der Waals surface area contributed by atoms with E-state index in [0.29, 0.717) is 6.54 Å². The van der Waals surface area contributed by atoms with Gasteiger partial charge in [0, 0.05) is 25.0 Å². The standard InChI is InChI=1S/C17H22N2O2/c1-13(11-15-5-3-4-6-17(15)21-2)19-12-16(20)14-7-9-18-10-8-14/h3-10,13,16,19-20H,11-12H2,1-2H3. The largest absolute Gasteiger partial charge is 0.496 e. The Hall–Kier alpha value is -1.91. The number of hydrogen-bond donors (Lipinski definition) is 2. The van der Waals surface area contributed by atoms with Crippen LogP contribution in [0, 0.1) is 0 Å². The molecule has 0 fully saturated rings. The summed E-state index contributed by atoms with van der Waals surface area (Å²) >= 11 is 0. The first kappa shape index (κ1) is 15.5. The molecule has 112 valence electrons. The minimum atomic E-state index is -0.520. The normalized spacial score (nSPS) is 13.7. The van der Waals surface area contributed by atoms with Crippen LogP contribution in [-0.4, -0.2) is 29.8 Å². The third-order valence-electron chi connectivity index (χ3n) is 3.47. The first-order chi connectivity index (χ1) is 10.2. The van der Waals surface area contributed by atoms with Crippen molar-refractivity contribution in [3.05, 3.63) is 59.9 Å². The number of para-hydroxylation sites is 1. The highest BCUT2D eigenvalue weighted by Crippen LogP contribution is 2.19. The molecule has 2 atom stereocenters. The average Bonchev–Trinajstić information content (AvgIpc) is 2.54. The molecule has 2 aromatic rings. The lowest BCUT2D eigenvalue weighted by Crippen LogP contribution is -2.32. The Balaban J connectivity index is 1.86. The van der Waals surface area contributed by atoms with Crippen molar-refractivity contribution in [1.29, 1.82) is 0 Å². The zero-order chi connectivity index (χ0) is 15.1. The fourth-order valence-electron chi connectivity index (χ4n) is 2.29. The lowest BCUT2D eigenvalue weighted by atomic mass is 10.1. The monoisotopic (exact) mass is 286 g/mol. The predicted octanol–water partition coefficient (Wildman–Crippen LogP) is 2.34. The second kappa shape index (κ2) is 7.76. The molecule has 0 aliphatic rings. The third-order valence-corrected chi connectivity index (χ3v) is 3.47. The molecule has 0 spiro atoms. The molecular formula is C17H22N2O2. The Bertz CT molecular complexity index is 545. The Morgan fingerprint density at radius 2 is 1.90 bits per heavy atom. The molecule has 0 radical (unpaired) electrons. The molecule has 1 aromatic heterocycles. The fourth-order valence-corrected chi connectivity index (χ4v) is 2.29. The molecule has 0 saturated carbocycles. The van der Waals surface area contributed by atoms with E-state index in [-0.39, 0.29) is 6.04 Å². The molecule has 21 heavy (non-hydrogen) atoms. The summed E-state index contributed by atoms with van der Waals surface area (Å²) < 4.78 is 5.36. The lowest BCUT2D eigenvalue weighted by Gasteiger charge is -2.18. The van der Waals surface area contributed by atoms with Crippen molar-refractivity contribution in [3.63, 3.8) is 0 Å². The van der Waals surface area contributed by atoms with Gasteiger partial charge in [0.15, 0.2) is 0 Å². The van der Waals surface area contributed by atoms with Crippen LogP contribution in [0.4, 0.5) is 0 Å². The van der Waals surface area contributed by atoms with Gasteiger partial charge in [0.1, 0.15) is 5.75 Å². The van der Waals surface area contributed by atoms with Crippen LogP contribution in [0.5, 0.6) is 5.75 Å². The number of aromatic nitrogens is 1. The van der Waals surface area contributed by atoms with Crippen LogP contribution in [0.2, 0.25) is 0 Å². The van der Waals surface area contributed by atoms with Crippen LogP contribution >= 0.6 is 0 Å². The van der Waals surface area contributed by atoms with Gasteiger partial charge >= 0.3 is 0 Å². The molecule has 1 aromatic carbocycles. The van der Waals surface area contributed by atoms with E-state index in [4.69, 9.17) is 4.74 Å². The van der Waals surface area contributed by atoms with E-state index in [0.717, 1.165) is 17.7 Å². The van der Waals surface area contributed by atoms with E-state index < -0.39 is 6.10 Å². The number of hydrogen-bond acceptors (Lipinski definition) is 4. The van der Waals surface area contributed by atoms with Gasteiger partial charge in [0.2, 0.25) is 0 Å². The van der Waals surface area contributed by atoms with Crippen LogP contribution in [-0.2, 0) is 6.42 Å². The van der Waals surface area contributed by atoms with E-state index in [1.165, 1.54) is 5.56 Å². The number of nitrogens with one attached hydrogen (secondary N) is 1. The second-order valence-corrected chi connectivity index (χ2v) is 5.12. The molecular weight excluding hydrogens is 264 g/mol. The molecule has 0 aliphatic heterocycles. The molecule has 2 rings (SSSR count). The molecule has 4 heteroatoms. The summed E-state index contributed by atoms with van der Waals surface area (Å²) in [5.74, 6) is 0.904. The van der Waals surface area contributed by atoms with Crippen molar-refractivity contribution >= 4 is 0 Å². The average molecular weight is 286 g/mol. The summed E-state index contributed by atoms with van der Waals surface area (Å²) in [5, 5.41) is 13.5. The Morgan fingerprint density at radius 3 is 2.62 bits per heavy atom. The van der Waals surface area contributed by atoms with Crippen LogP contribution in [0.1, 0.15) is 24.2 Å². The molecule has 2 unspecified atom stereocenters. The molecule has 1 heterocycles. The number of aliphatic hydroxyl groups excluding tert-OH is 1. The van der Waals surface area contributed by atoms with Crippen molar-refractivity contribution < 1.29 is 9.84 Å². The molecule has 0 aliphatic carbocycles. The number of pyridine rings is 1. The summed E-state index contributed by atoms with van der Waals surface area (Å²) in [5.41, 5.74) is 2.04. The van der Waals surface area contributed by atoms with E-state index >= 15 is 0 Å². The van der Waals surface area contributed by atoms with Gasteiger partial charge in [0.05, 0.1) is 13.2 Å². The van der Waals surface area contributed by atoms with Gasteiger partial charge in [-0.1, -0.05) is 18.2 Å². The Labute approximate surface area is 125 Å². The summed E-state index contributed by atoms with van der Waals surface area (Å²) in [6.45, 7) is 2.62. The van der Waals surface area contributed by atoms with Gasteiger partial charge in [-0.05, 0) is 42.7 Å². The van der Waals surface area contributed by atoms with Crippen molar-refractivity contribution in [2.24, 2.45) is 0 Å². The number of ether oxygens (including phenoxy) is 1. The molecule has 0 amide bonds. The van der Waals surface area contributed by atoms with Crippen LogP contribution < -0.4 is 10.1 Å². The van der Waals surface area contributed by atoms with Gasteiger partial charge in [-0.3, -0.25) is 4.98 Å². The van der Waals surface area contributed by atoms with Crippen LogP contribution in [0.15, 0.2) is 48.8 Å². The van der Waals surface area contributed by atoms with Crippen molar-refractivity contribution in [2.75, 3.05) is 13.7 Å². The van der Waals surface area contributed by atoms with E-state index in [1.807, 2.05) is 30.3 Å². The molecule has 0 saturated heterocycles. The highest BCUT2D eigenvalue weighted by Gasteiger charge is 2.11. The van der Waals surface area contributed by atoms with Gasteiger partial charge in [-0.2, -0.15) is 0 Å². The predicted molar refractivity (Wildman–Crippen MR) is 83.4 cm³/mol. The van der Waals surface area contributed by atoms with Gasteiger partial charge < -0.3 is 15.2 Å². The minimum Gasteiger partial charge on any atom is -0.496 e. The Kier molecular flexibility index (Phi) is 5.72. The van der Waals surface area contributed by atoms with Gasteiger partial charge in [-0.25, -0.2) is 0 Å². The second-order valence-electron chi connectivity index (χ2n) is 5.12. The number of benzene rings is 1. The minimum absolute atomic E-state index is 0.248. The molecule has 4 nitrogen and oxygen atoms in total. The summed E-state index contributed by atoms with van der Waals surface area (Å²) in [7, 11) is 1.68. The van der Waals surface area contributed by atoms with Crippen molar-refractivity contribution in [3.8, 4) is 5.75 Å². The van der Waals surface area contributed by atoms with E-state index in [2.05, 4.69) is 23.3 Å². The van der Waals surface area contributed by atoms with E-state index in [1.54, 1.807) is 19.5 Å². The van der Waals surface area contributed by atoms with Crippen LogP contribution in [0.25, 0.3) is 0 Å². The smallest absolute Gasteiger partial charge is 0.122 e. The molecule has 2 N–H and O–H groups in total. The van der Waals surface area contributed by atoms with Crippen molar-refractivity contribution in [2.45, 2.75) is 25.5 Å². The maximum atomic E-state index is 10.1. The summed E-state index contributed by atoms with van der Waals surface area (Å²) in [6, 6.07) is 11.9. The maximum Gasteiger partial charge on any atom is 0.122 e. The first-order valence-electron chi connectivity index (χ1n) is 7.14.